The van der Waals surface area contributed by atoms with Crippen molar-refractivity contribution in [2.24, 2.45) is 0 Å². The van der Waals surface area contributed by atoms with Gasteiger partial charge >= 0.3 is 0 Å². The molecule has 5 heteroatoms. The van der Waals surface area contributed by atoms with Crippen molar-refractivity contribution in [1.29, 1.82) is 0 Å². The van der Waals surface area contributed by atoms with Crippen LogP contribution in [-0.2, 0) is 22.6 Å². The lowest BCUT2D eigenvalue weighted by Gasteiger charge is -2.26. The third-order valence-corrected chi connectivity index (χ3v) is 4.63. The van der Waals surface area contributed by atoms with Gasteiger partial charge in [-0.05, 0) is 39.7 Å². The quantitative estimate of drug-likeness (QED) is 0.783. The van der Waals surface area contributed by atoms with Gasteiger partial charge in [0.2, 0.25) is 0 Å². The van der Waals surface area contributed by atoms with Gasteiger partial charge in [0.05, 0.1) is 24.4 Å². The molecule has 1 fully saturated rings. The van der Waals surface area contributed by atoms with Gasteiger partial charge in [-0.15, -0.1) is 0 Å². The molecule has 0 saturated carbocycles. The molecule has 0 atom stereocenters. The fourth-order valence-electron chi connectivity index (χ4n) is 2.84. The van der Waals surface area contributed by atoms with Crippen LogP contribution in [0.4, 0.5) is 0 Å². The van der Waals surface area contributed by atoms with Crippen molar-refractivity contribution in [3.63, 3.8) is 0 Å². The predicted molar refractivity (Wildman–Crippen MR) is 99.0 cm³/mol. The summed E-state index contributed by atoms with van der Waals surface area (Å²) >= 11 is 3.69. The smallest absolute Gasteiger partial charge is 0.0857 e. The zero-order valence-corrected chi connectivity index (χ0v) is 15.9. The van der Waals surface area contributed by atoms with Crippen LogP contribution in [-0.4, -0.2) is 49.4 Å². The fraction of sp³-hybridized carbons (Fsp3) is 0.556. The number of ether oxygens (including phenoxy) is 2. The SMILES string of the molecule is CC.COCc1ccc2c(c1)cc(Br)n2CCN1CCOCC1. The van der Waals surface area contributed by atoms with Gasteiger partial charge < -0.3 is 14.0 Å². The minimum Gasteiger partial charge on any atom is -0.380 e. The molecule has 1 aromatic carbocycles. The van der Waals surface area contributed by atoms with Gasteiger partial charge in [-0.1, -0.05) is 19.9 Å². The van der Waals surface area contributed by atoms with E-state index in [1.807, 2.05) is 13.8 Å². The highest BCUT2D eigenvalue weighted by Crippen LogP contribution is 2.25. The summed E-state index contributed by atoms with van der Waals surface area (Å²) in [5.74, 6) is 0. The summed E-state index contributed by atoms with van der Waals surface area (Å²) in [6.07, 6.45) is 0. The summed E-state index contributed by atoms with van der Waals surface area (Å²) in [5, 5.41) is 1.26. The lowest BCUT2D eigenvalue weighted by Crippen LogP contribution is -2.38. The van der Waals surface area contributed by atoms with E-state index in [0.29, 0.717) is 6.61 Å². The Labute approximate surface area is 147 Å². The minimum atomic E-state index is 0.659. The van der Waals surface area contributed by atoms with E-state index in [-0.39, 0.29) is 0 Å². The summed E-state index contributed by atoms with van der Waals surface area (Å²) in [5.41, 5.74) is 2.48. The molecule has 1 aliphatic rings. The van der Waals surface area contributed by atoms with Gasteiger partial charge in [-0.2, -0.15) is 0 Å². The number of benzene rings is 1. The maximum Gasteiger partial charge on any atom is 0.0857 e. The van der Waals surface area contributed by atoms with E-state index >= 15 is 0 Å². The van der Waals surface area contributed by atoms with Crippen LogP contribution in [0.25, 0.3) is 10.9 Å². The molecule has 0 N–H and O–H groups in total. The Hall–Kier alpha value is -0.880. The van der Waals surface area contributed by atoms with Gasteiger partial charge in [-0.25, -0.2) is 0 Å². The molecule has 0 aliphatic carbocycles. The molecule has 2 heterocycles. The minimum absolute atomic E-state index is 0.659. The molecule has 2 aromatic rings. The Morgan fingerprint density at radius 1 is 1.13 bits per heavy atom. The van der Waals surface area contributed by atoms with Crippen molar-refractivity contribution in [1.82, 2.24) is 9.47 Å². The van der Waals surface area contributed by atoms with Gasteiger partial charge in [0.25, 0.3) is 0 Å². The lowest BCUT2D eigenvalue weighted by atomic mass is 10.2. The summed E-state index contributed by atoms with van der Waals surface area (Å²) < 4.78 is 14.1. The van der Waals surface area contributed by atoms with Gasteiger partial charge in [0.1, 0.15) is 0 Å². The highest BCUT2D eigenvalue weighted by atomic mass is 79.9. The molecule has 4 nitrogen and oxygen atoms in total. The molecular weight excluding hydrogens is 356 g/mol. The largest absolute Gasteiger partial charge is 0.380 e. The number of halogens is 1. The zero-order chi connectivity index (χ0) is 16.7. The van der Waals surface area contributed by atoms with Crippen molar-refractivity contribution in [3.8, 4) is 0 Å². The van der Waals surface area contributed by atoms with Crippen molar-refractivity contribution in [3.05, 3.63) is 34.4 Å². The first kappa shape index (κ1) is 18.5. The van der Waals surface area contributed by atoms with E-state index in [2.05, 4.69) is 49.7 Å². The van der Waals surface area contributed by atoms with E-state index in [1.165, 1.54) is 16.5 Å². The zero-order valence-electron chi connectivity index (χ0n) is 14.3. The number of aromatic nitrogens is 1. The second-order valence-electron chi connectivity index (χ2n) is 5.40. The summed E-state index contributed by atoms with van der Waals surface area (Å²) in [7, 11) is 1.73. The molecule has 0 bridgehead atoms. The molecule has 0 unspecified atom stereocenters. The van der Waals surface area contributed by atoms with Crippen molar-refractivity contribution in [2.75, 3.05) is 40.0 Å². The molecule has 0 amide bonds. The van der Waals surface area contributed by atoms with Gasteiger partial charge in [0.15, 0.2) is 0 Å². The molecule has 1 saturated heterocycles. The van der Waals surface area contributed by atoms with Crippen LogP contribution in [0.5, 0.6) is 0 Å². The first-order valence-electron chi connectivity index (χ1n) is 8.34. The average molecular weight is 383 g/mol. The van der Waals surface area contributed by atoms with Crippen LogP contribution in [0.1, 0.15) is 19.4 Å². The standard InChI is InChI=1S/C16H21BrN2O2.C2H6/c1-20-12-13-2-3-15-14(10-13)11-16(17)19(15)5-4-18-6-8-21-9-7-18;1-2/h2-3,10-11H,4-9,12H2,1H3;1-2H3. The van der Waals surface area contributed by atoms with Crippen LogP contribution >= 0.6 is 15.9 Å². The van der Waals surface area contributed by atoms with Gasteiger partial charge in [0, 0.05) is 44.2 Å². The molecule has 1 aliphatic heterocycles. The normalized spacial score (nSPS) is 15.5. The number of methoxy groups -OCH3 is 1. The lowest BCUT2D eigenvalue weighted by molar-refractivity contribution is 0.0365. The number of hydrogen-bond acceptors (Lipinski definition) is 3. The van der Waals surface area contributed by atoms with E-state index in [0.717, 1.165) is 44.0 Å². The maximum absolute atomic E-state index is 5.40. The first-order chi connectivity index (χ1) is 11.3. The van der Waals surface area contributed by atoms with E-state index in [1.54, 1.807) is 7.11 Å². The van der Waals surface area contributed by atoms with E-state index in [4.69, 9.17) is 9.47 Å². The Balaban J connectivity index is 0.000000924. The predicted octanol–water partition coefficient (Wildman–Crippen LogP) is 3.91. The monoisotopic (exact) mass is 382 g/mol. The summed E-state index contributed by atoms with van der Waals surface area (Å²) in [6, 6.07) is 8.72. The van der Waals surface area contributed by atoms with Crippen molar-refractivity contribution < 1.29 is 9.47 Å². The average Bonchev–Trinajstić information content (AvgIpc) is 2.90. The van der Waals surface area contributed by atoms with E-state index < -0.39 is 0 Å². The Morgan fingerprint density at radius 3 is 2.57 bits per heavy atom. The first-order valence-corrected chi connectivity index (χ1v) is 9.14. The topological polar surface area (TPSA) is 26.6 Å². The van der Waals surface area contributed by atoms with Crippen LogP contribution < -0.4 is 0 Å². The second-order valence-corrected chi connectivity index (χ2v) is 6.21. The highest BCUT2D eigenvalue weighted by Gasteiger charge is 2.12. The molecule has 0 radical (unpaired) electrons. The van der Waals surface area contributed by atoms with Crippen LogP contribution in [0.3, 0.4) is 0 Å². The summed E-state index contributed by atoms with van der Waals surface area (Å²) in [6.45, 7) is 10.5. The third kappa shape index (κ3) is 4.80. The molecule has 3 rings (SSSR count). The Morgan fingerprint density at radius 2 is 1.87 bits per heavy atom. The number of hydrogen-bond donors (Lipinski definition) is 0. The van der Waals surface area contributed by atoms with Crippen LogP contribution in [0.2, 0.25) is 0 Å². The second kappa shape index (κ2) is 9.42. The van der Waals surface area contributed by atoms with Crippen LogP contribution in [0.15, 0.2) is 28.9 Å². The molecular formula is C18H27BrN2O2. The number of morpholine rings is 1. The third-order valence-electron chi connectivity index (χ3n) is 3.97. The molecule has 0 spiro atoms. The molecule has 23 heavy (non-hydrogen) atoms. The molecule has 1 aromatic heterocycles. The number of rotatable bonds is 5. The van der Waals surface area contributed by atoms with Crippen molar-refractivity contribution in [2.45, 2.75) is 27.0 Å². The number of fused-ring (bicyclic) bond motifs is 1. The van der Waals surface area contributed by atoms with Crippen molar-refractivity contribution >= 4 is 26.8 Å². The maximum atomic E-state index is 5.40. The fourth-order valence-corrected chi connectivity index (χ4v) is 3.45. The van der Waals surface area contributed by atoms with E-state index in [9.17, 15) is 0 Å². The summed E-state index contributed by atoms with van der Waals surface area (Å²) in [4.78, 5) is 2.46. The molecule has 128 valence electrons. The van der Waals surface area contributed by atoms with Crippen LogP contribution in [0, 0.1) is 0 Å². The Bertz CT molecular complexity index is 606. The number of nitrogens with zero attached hydrogens (tertiary/aromatic N) is 2. The Kier molecular flexibility index (Phi) is 7.56. The van der Waals surface area contributed by atoms with Gasteiger partial charge in [-0.3, -0.25) is 4.90 Å². The highest BCUT2D eigenvalue weighted by molar-refractivity contribution is 9.10.